The van der Waals surface area contributed by atoms with E-state index in [1.54, 1.807) is 30.3 Å². The van der Waals surface area contributed by atoms with Crippen molar-refractivity contribution < 1.29 is 9.53 Å². The molecule has 0 radical (unpaired) electrons. The smallest absolute Gasteiger partial charge is 0.405 e. The number of ether oxygens (including phenoxy) is 1. The molecular formula is C9H6ClNO2. The van der Waals surface area contributed by atoms with Gasteiger partial charge in [-0.3, -0.25) is 0 Å². The second-order valence-corrected chi connectivity index (χ2v) is 2.58. The van der Waals surface area contributed by atoms with E-state index in [0.717, 1.165) is 0 Å². The first-order valence-electron chi connectivity index (χ1n) is 3.54. The average molecular weight is 196 g/mol. The molecule has 1 aromatic rings. The van der Waals surface area contributed by atoms with Crippen molar-refractivity contribution in [1.82, 2.24) is 0 Å². The molecule has 66 valence electrons. The molecule has 0 amide bonds. The number of rotatable bonds is 2. The molecule has 1 unspecified atom stereocenters. The lowest BCUT2D eigenvalue weighted by atomic mass is 10.1. The maximum Gasteiger partial charge on any atom is 0.405 e. The Morgan fingerprint density at radius 3 is 2.54 bits per heavy atom. The van der Waals surface area contributed by atoms with Gasteiger partial charge in [-0.25, -0.2) is 4.79 Å². The molecule has 1 atom stereocenters. The average Bonchev–Trinajstić information content (AvgIpc) is 2.15. The van der Waals surface area contributed by atoms with E-state index in [-0.39, 0.29) is 0 Å². The van der Waals surface area contributed by atoms with Gasteiger partial charge in [0.05, 0.1) is 0 Å². The fourth-order valence-electron chi connectivity index (χ4n) is 0.889. The Kier molecular flexibility index (Phi) is 3.30. The van der Waals surface area contributed by atoms with E-state index in [9.17, 15) is 4.79 Å². The van der Waals surface area contributed by atoms with Crippen molar-refractivity contribution in [2.75, 3.05) is 0 Å². The van der Waals surface area contributed by atoms with Crippen LogP contribution in [0.1, 0.15) is 11.7 Å². The Labute approximate surface area is 80.5 Å². The molecule has 0 aromatic heterocycles. The molecule has 0 heterocycles. The van der Waals surface area contributed by atoms with E-state index in [0.29, 0.717) is 5.56 Å². The summed E-state index contributed by atoms with van der Waals surface area (Å²) in [4.78, 5) is 10.4. The predicted octanol–water partition coefficient (Wildman–Crippen LogP) is 2.63. The molecule has 0 fully saturated rings. The monoisotopic (exact) mass is 195 g/mol. The van der Waals surface area contributed by atoms with Crippen LogP contribution in [0.2, 0.25) is 0 Å². The van der Waals surface area contributed by atoms with Crippen LogP contribution in [0.5, 0.6) is 0 Å². The van der Waals surface area contributed by atoms with Crippen molar-refractivity contribution in [2.24, 2.45) is 0 Å². The summed E-state index contributed by atoms with van der Waals surface area (Å²) in [7, 11) is 0. The van der Waals surface area contributed by atoms with Crippen LogP contribution in [0.4, 0.5) is 4.79 Å². The van der Waals surface area contributed by atoms with E-state index < -0.39 is 11.5 Å². The summed E-state index contributed by atoms with van der Waals surface area (Å²) in [6, 6.07) is 10.5. The van der Waals surface area contributed by atoms with Crippen LogP contribution in [0.3, 0.4) is 0 Å². The fourth-order valence-corrected chi connectivity index (χ4v) is 0.979. The summed E-state index contributed by atoms with van der Waals surface area (Å²) in [5.74, 6) is 0. The molecule has 0 aliphatic carbocycles. The Bertz CT molecular complexity index is 331. The largest absolute Gasteiger partial charge is 0.430 e. The normalized spacial score (nSPS) is 11.4. The molecule has 1 rings (SSSR count). The van der Waals surface area contributed by atoms with Crippen molar-refractivity contribution in [2.45, 2.75) is 6.10 Å². The molecule has 4 heteroatoms. The standard InChI is InChI=1S/C9H6ClNO2/c10-9(12)13-8(6-11)7-4-2-1-3-5-7/h1-5,8H. The second-order valence-electron chi connectivity index (χ2n) is 2.28. The van der Waals surface area contributed by atoms with E-state index in [2.05, 4.69) is 4.74 Å². The first kappa shape index (κ1) is 9.56. The van der Waals surface area contributed by atoms with Gasteiger partial charge in [-0.05, 0) is 0 Å². The number of halogens is 1. The van der Waals surface area contributed by atoms with Gasteiger partial charge in [0.1, 0.15) is 6.07 Å². The van der Waals surface area contributed by atoms with E-state index in [1.807, 2.05) is 6.07 Å². The van der Waals surface area contributed by atoms with Gasteiger partial charge in [0.15, 0.2) is 0 Å². The molecule has 3 nitrogen and oxygen atoms in total. The highest BCUT2D eigenvalue weighted by Crippen LogP contribution is 2.16. The lowest BCUT2D eigenvalue weighted by molar-refractivity contribution is 0.149. The zero-order chi connectivity index (χ0) is 9.68. The number of hydrogen-bond donors (Lipinski definition) is 0. The molecule has 13 heavy (non-hydrogen) atoms. The van der Waals surface area contributed by atoms with Crippen LogP contribution in [0.15, 0.2) is 30.3 Å². The zero-order valence-electron chi connectivity index (χ0n) is 6.61. The quantitative estimate of drug-likeness (QED) is 0.682. The maximum atomic E-state index is 10.4. The molecule has 1 aromatic carbocycles. The lowest BCUT2D eigenvalue weighted by Gasteiger charge is -2.07. The highest BCUT2D eigenvalue weighted by molar-refractivity contribution is 6.61. The Morgan fingerprint density at radius 2 is 2.08 bits per heavy atom. The molecule has 0 bridgehead atoms. The minimum absolute atomic E-state index is 0.610. The van der Waals surface area contributed by atoms with Crippen molar-refractivity contribution in [3.05, 3.63) is 35.9 Å². The summed E-state index contributed by atoms with van der Waals surface area (Å²) < 4.78 is 4.55. The number of carbonyl (C=O) groups is 1. The van der Waals surface area contributed by atoms with Crippen molar-refractivity contribution >= 4 is 17.0 Å². The van der Waals surface area contributed by atoms with Crippen molar-refractivity contribution in [1.29, 1.82) is 5.26 Å². The lowest BCUT2D eigenvalue weighted by Crippen LogP contribution is -2.03. The van der Waals surface area contributed by atoms with Gasteiger partial charge in [-0.15, -0.1) is 0 Å². The van der Waals surface area contributed by atoms with Crippen LogP contribution in [0, 0.1) is 11.3 Å². The Morgan fingerprint density at radius 1 is 1.46 bits per heavy atom. The first-order valence-corrected chi connectivity index (χ1v) is 3.92. The van der Waals surface area contributed by atoms with Gasteiger partial charge in [0.25, 0.3) is 0 Å². The summed E-state index contributed by atoms with van der Waals surface area (Å²) in [5, 5.41) is 8.64. The SMILES string of the molecule is N#CC(OC(=O)Cl)c1ccccc1. The first-order chi connectivity index (χ1) is 6.24. The molecule has 0 N–H and O–H groups in total. The fraction of sp³-hybridized carbons (Fsp3) is 0.111. The molecule has 0 aliphatic rings. The van der Waals surface area contributed by atoms with E-state index >= 15 is 0 Å². The van der Waals surface area contributed by atoms with E-state index in [1.165, 1.54) is 0 Å². The molecule has 0 saturated carbocycles. The van der Waals surface area contributed by atoms with Crippen LogP contribution in [-0.2, 0) is 4.74 Å². The zero-order valence-corrected chi connectivity index (χ0v) is 7.36. The van der Waals surface area contributed by atoms with Crippen LogP contribution in [-0.4, -0.2) is 5.43 Å². The Hall–Kier alpha value is -1.53. The third kappa shape index (κ3) is 2.77. The van der Waals surface area contributed by atoms with Crippen LogP contribution in [0.25, 0.3) is 0 Å². The van der Waals surface area contributed by atoms with Gasteiger partial charge in [-0.2, -0.15) is 5.26 Å². The molecule has 0 saturated heterocycles. The molecule has 0 aliphatic heterocycles. The highest BCUT2D eigenvalue weighted by atomic mass is 35.5. The third-order valence-corrected chi connectivity index (χ3v) is 1.52. The van der Waals surface area contributed by atoms with Gasteiger partial charge in [-0.1, -0.05) is 30.3 Å². The molecule has 0 spiro atoms. The number of carbonyl (C=O) groups excluding carboxylic acids is 1. The summed E-state index contributed by atoms with van der Waals surface area (Å²) >= 11 is 4.99. The van der Waals surface area contributed by atoms with Gasteiger partial charge >= 0.3 is 5.43 Å². The number of benzene rings is 1. The van der Waals surface area contributed by atoms with Crippen LogP contribution >= 0.6 is 11.6 Å². The maximum absolute atomic E-state index is 10.4. The second kappa shape index (κ2) is 4.48. The van der Waals surface area contributed by atoms with E-state index in [4.69, 9.17) is 16.9 Å². The Balaban J connectivity index is 2.80. The van der Waals surface area contributed by atoms with Crippen molar-refractivity contribution in [3.63, 3.8) is 0 Å². The number of hydrogen-bond acceptors (Lipinski definition) is 3. The number of nitriles is 1. The van der Waals surface area contributed by atoms with Crippen molar-refractivity contribution in [3.8, 4) is 6.07 Å². The predicted molar refractivity (Wildman–Crippen MR) is 47.1 cm³/mol. The van der Waals surface area contributed by atoms with Gasteiger partial charge < -0.3 is 4.74 Å². The topological polar surface area (TPSA) is 50.1 Å². The molecular weight excluding hydrogens is 190 g/mol. The summed E-state index contributed by atoms with van der Waals surface area (Å²) in [6.45, 7) is 0. The third-order valence-electron chi connectivity index (χ3n) is 1.43. The van der Waals surface area contributed by atoms with Gasteiger partial charge in [0.2, 0.25) is 6.10 Å². The highest BCUT2D eigenvalue weighted by Gasteiger charge is 2.13. The number of nitrogens with zero attached hydrogens (tertiary/aromatic N) is 1. The summed E-state index contributed by atoms with van der Waals surface area (Å²) in [6.07, 6.45) is -0.925. The van der Waals surface area contributed by atoms with Crippen LogP contribution < -0.4 is 0 Å². The summed E-state index contributed by atoms with van der Waals surface area (Å²) in [5.41, 5.74) is -0.366. The minimum Gasteiger partial charge on any atom is -0.430 e. The van der Waals surface area contributed by atoms with Gasteiger partial charge in [0, 0.05) is 17.2 Å². The minimum atomic E-state index is -0.976.